The smallest absolute Gasteiger partial charge is 0.313 e. The lowest BCUT2D eigenvalue weighted by Crippen LogP contribution is -2.11. The van der Waals surface area contributed by atoms with E-state index >= 15 is 0 Å². The standard InChI is InChI=1S/C15H18O5S/c1-3-20-15(18)9-12(16)8-13(17)10-21(19)14-6-4-11(2)5-7-14/h4-8,17H,3,9-10H2,1-2H3/b13-8-. The molecule has 1 rings (SSSR count). The molecule has 1 N–H and O–H groups in total. The van der Waals surface area contributed by atoms with Crippen LogP contribution in [0, 0.1) is 6.92 Å². The molecule has 0 saturated carbocycles. The highest BCUT2D eigenvalue weighted by atomic mass is 32.2. The van der Waals surface area contributed by atoms with Gasteiger partial charge in [0.1, 0.15) is 12.2 Å². The van der Waals surface area contributed by atoms with E-state index < -0.39 is 29.0 Å². The molecule has 1 aromatic rings. The average molecular weight is 310 g/mol. The topological polar surface area (TPSA) is 80.7 Å². The minimum absolute atomic E-state index is 0.169. The van der Waals surface area contributed by atoms with Gasteiger partial charge in [-0.2, -0.15) is 0 Å². The molecule has 114 valence electrons. The Morgan fingerprint density at radius 3 is 2.48 bits per heavy atom. The Labute approximate surface area is 126 Å². The Hall–Kier alpha value is -1.95. The summed E-state index contributed by atoms with van der Waals surface area (Å²) in [5, 5.41) is 9.64. The van der Waals surface area contributed by atoms with Gasteiger partial charge in [-0.3, -0.25) is 13.8 Å². The number of aliphatic hydroxyl groups is 1. The Balaban J connectivity index is 2.59. The molecular weight excluding hydrogens is 292 g/mol. The molecule has 0 heterocycles. The van der Waals surface area contributed by atoms with Crippen LogP contribution in [0.3, 0.4) is 0 Å². The molecule has 0 spiro atoms. The van der Waals surface area contributed by atoms with Gasteiger partial charge >= 0.3 is 5.97 Å². The zero-order chi connectivity index (χ0) is 15.8. The highest BCUT2D eigenvalue weighted by Crippen LogP contribution is 2.10. The molecule has 0 amide bonds. The first kappa shape index (κ1) is 17.1. The van der Waals surface area contributed by atoms with Gasteiger partial charge in [0, 0.05) is 11.0 Å². The molecule has 1 aromatic carbocycles. The molecule has 0 bridgehead atoms. The van der Waals surface area contributed by atoms with Crippen molar-refractivity contribution in [1.29, 1.82) is 0 Å². The molecule has 21 heavy (non-hydrogen) atoms. The number of carbonyl (C=O) groups is 2. The van der Waals surface area contributed by atoms with E-state index in [0.717, 1.165) is 11.6 Å². The van der Waals surface area contributed by atoms with E-state index in [9.17, 15) is 18.9 Å². The summed E-state index contributed by atoms with van der Waals surface area (Å²) in [4.78, 5) is 23.1. The zero-order valence-electron chi connectivity index (χ0n) is 12.0. The fourth-order valence-corrected chi connectivity index (χ4v) is 2.50. The van der Waals surface area contributed by atoms with Crippen LogP contribution in [0.2, 0.25) is 0 Å². The molecular formula is C15H18O5S. The molecule has 5 nitrogen and oxygen atoms in total. The van der Waals surface area contributed by atoms with Crippen molar-refractivity contribution >= 4 is 22.6 Å². The molecule has 0 aromatic heterocycles. The van der Waals surface area contributed by atoms with E-state index in [0.29, 0.717) is 4.90 Å². The number of allylic oxidation sites excluding steroid dienone is 1. The number of hydrogen-bond donors (Lipinski definition) is 1. The number of aryl methyl sites for hydroxylation is 1. The van der Waals surface area contributed by atoms with Gasteiger partial charge in [-0.25, -0.2) is 0 Å². The van der Waals surface area contributed by atoms with Crippen LogP contribution in [0.15, 0.2) is 41.0 Å². The Morgan fingerprint density at radius 1 is 1.29 bits per heavy atom. The number of carbonyl (C=O) groups excluding carboxylic acids is 2. The lowest BCUT2D eigenvalue weighted by Gasteiger charge is -2.03. The number of ether oxygens (including phenoxy) is 1. The predicted octanol–water partition coefficient (Wildman–Crippen LogP) is 2.07. The average Bonchev–Trinajstić information content (AvgIpc) is 2.38. The molecule has 1 unspecified atom stereocenters. The van der Waals surface area contributed by atoms with Crippen molar-refractivity contribution in [2.45, 2.75) is 25.2 Å². The van der Waals surface area contributed by atoms with E-state index in [2.05, 4.69) is 4.74 Å². The van der Waals surface area contributed by atoms with Crippen molar-refractivity contribution in [3.05, 3.63) is 41.7 Å². The van der Waals surface area contributed by atoms with E-state index in [1.165, 1.54) is 0 Å². The summed E-state index contributed by atoms with van der Waals surface area (Å²) in [6.45, 7) is 3.75. The number of hydrogen-bond acceptors (Lipinski definition) is 5. The van der Waals surface area contributed by atoms with Gasteiger partial charge in [0.05, 0.1) is 23.2 Å². The monoisotopic (exact) mass is 310 g/mol. The van der Waals surface area contributed by atoms with Crippen molar-refractivity contribution in [1.82, 2.24) is 0 Å². The van der Waals surface area contributed by atoms with Gasteiger partial charge < -0.3 is 9.84 Å². The number of ketones is 1. The Bertz CT molecular complexity index is 560. The quantitative estimate of drug-likeness (QED) is 0.361. The summed E-state index contributed by atoms with van der Waals surface area (Å²) in [6.07, 6.45) is 0.484. The molecule has 0 aliphatic heterocycles. The van der Waals surface area contributed by atoms with Crippen molar-refractivity contribution in [2.24, 2.45) is 0 Å². The third-order valence-corrected chi connectivity index (χ3v) is 3.87. The van der Waals surface area contributed by atoms with Crippen LogP contribution in [0.5, 0.6) is 0 Å². The van der Waals surface area contributed by atoms with E-state index in [1.54, 1.807) is 19.1 Å². The van der Waals surface area contributed by atoms with Crippen molar-refractivity contribution in [3.8, 4) is 0 Å². The summed E-state index contributed by atoms with van der Waals surface area (Å²) in [6, 6.07) is 7.05. The molecule has 1 atom stereocenters. The Kier molecular flexibility index (Phi) is 6.81. The summed E-state index contributed by atoms with van der Waals surface area (Å²) in [5.74, 6) is -1.71. The number of benzene rings is 1. The first-order valence-electron chi connectivity index (χ1n) is 6.45. The van der Waals surface area contributed by atoms with Crippen molar-refractivity contribution < 1.29 is 23.6 Å². The maximum atomic E-state index is 12.0. The summed E-state index contributed by atoms with van der Waals surface area (Å²) >= 11 is 0. The molecule has 6 heteroatoms. The highest BCUT2D eigenvalue weighted by molar-refractivity contribution is 7.85. The number of aliphatic hydroxyl groups excluding tert-OH is 1. The van der Waals surface area contributed by atoms with Crippen LogP contribution in [0.25, 0.3) is 0 Å². The maximum absolute atomic E-state index is 12.0. The highest BCUT2D eigenvalue weighted by Gasteiger charge is 2.11. The van der Waals surface area contributed by atoms with Gasteiger partial charge in [0.15, 0.2) is 5.78 Å². The minimum Gasteiger partial charge on any atom is -0.511 e. The SMILES string of the molecule is CCOC(=O)CC(=O)/C=C(\O)CS(=O)c1ccc(C)cc1. The normalized spacial score (nSPS) is 12.8. The second kappa shape index (κ2) is 8.36. The second-order valence-corrected chi connectivity index (χ2v) is 5.84. The van der Waals surface area contributed by atoms with Crippen LogP contribution >= 0.6 is 0 Å². The molecule has 0 saturated heterocycles. The molecule has 0 fully saturated rings. The molecule has 0 aliphatic rings. The fraction of sp³-hybridized carbons (Fsp3) is 0.333. The van der Waals surface area contributed by atoms with Crippen molar-refractivity contribution in [2.75, 3.05) is 12.4 Å². The zero-order valence-corrected chi connectivity index (χ0v) is 12.8. The van der Waals surface area contributed by atoms with Crippen LogP contribution in [0.1, 0.15) is 18.9 Å². The minimum atomic E-state index is -1.44. The van der Waals surface area contributed by atoms with Gasteiger partial charge in [0.2, 0.25) is 0 Å². The van der Waals surface area contributed by atoms with Crippen molar-refractivity contribution in [3.63, 3.8) is 0 Å². The maximum Gasteiger partial charge on any atom is 0.313 e. The largest absolute Gasteiger partial charge is 0.511 e. The van der Waals surface area contributed by atoms with Crippen LogP contribution in [-0.4, -0.2) is 33.4 Å². The van der Waals surface area contributed by atoms with Gasteiger partial charge in [-0.1, -0.05) is 17.7 Å². The fourth-order valence-electron chi connectivity index (χ4n) is 1.54. The van der Waals surface area contributed by atoms with Crippen LogP contribution in [0.4, 0.5) is 0 Å². The number of rotatable bonds is 7. The van der Waals surface area contributed by atoms with Gasteiger partial charge in [0.25, 0.3) is 0 Å². The summed E-state index contributed by atoms with van der Waals surface area (Å²) in [7, 11) is -1.44. The second-order valence-electron chi connectivity index (χ2n) is 4.39. The van der Waals surface area contributed by atoms with Crippen LogP contribution in [-0.2, 0) is 25.1 Å². The third kappa shape index (κ3) is 6.35. The first-order valence-corrected chi connectivity index (χ1v) is 7.77. The van der Waals surface area contributed by atoms with E-state index in [-0.39, 0.29) is 18.1 Å². The first-order chi connectivity index (χ1) is 9.92. The lowest BCUT2D eigenvalue weighted by molar-refractivity contribution is -0.144. The summed E-state index contributed by atoms with van der Waals surface area (Å²) in [5.41, 5.74) is 1.04. The third-order valence-electron chi connectivity index (χ3n) is 2.51. The van der Waals surface area contributed by atoms with Gasteiger partial charge in [-0.05, 0) is 26.0 Å². The Morgan fingerprint density at radius 2 is 1.90 bits per heavy atom. The lowest BCUT2D eigenvalue weighted by atomic mass is 10.2. The molecule has 0 radical (unpaired) electrons. The number of esters is 1. The van der Waals surface area contributed by atoms with E-state index in [4.69, 9.17) is 0 Å². The predicted molar refractivity (Wildman–Crippen MR) is 79.4 cm³/mol. The molecule has 0 aliphatic carbocycles. The van der Waals surface area contributed by atoms with E-state index in [1.807, 2.05) is 19.1 Å². The van der Waals surface area contributed by atoms with Gasteiger partial charge in [-0.15, -0.1) is 0 Å². The van der Waals surface area contributed by atoms with Crippen LogP contribution < -0.4 is 0 Å². The summed E-state index contributed by atoms with van der Waals surface area (Å²) < 4.78 is 16.6.